The normalized spacial score (nSPS) is 15.3. The van der Waals surface area contributed by atoms with Gasteiger partial charge in [-0.2, -0.15) is 0 Å². The highest BCUT2D eigenvalue weighted by Gasteiger charge is 2.20. The van der Waals surface area contributed by atoms with Crippen molar-refractivity contribution in [2.45, 2.75) is 32.2 Å². The number of carbonyl (C=O) groups is 1. The smallest absolute Gasteiger partial charge is 0.328 e. The number of hydrogen-bond donors (Lipinski definition) is 1. The zero-order valence-electron chi connectivity index (χ0n) is 11.8. The van der Waals surface area contributed by atoms with Crippen LogP contribution in [0.25, 0.3) is 0 Å². The molecule has 3 heteroatoms. The first-order valence-corrected chi connectivity index (χ1v) is 7.13. The number of rotatable bonds is 6. The molecule has 2 rings (SSSR count). The van der Waals surface area contributed by atoms with Gasteiger partial charge >= 0.3 is 5.97 Å². The number of ether oxygens (including phenoxy) is 1. The van der Waals surface area contributed by atoms with E-state index >= 15 is 0 Å². The summed E-state index contributed by atoms with van der Waals surface area (Å²) in [6, 6.07) is 9.65. The molecule has 0 saturated heterocycles. The van der Waals surface area contributed by atoms with Gasteiger partial charge in [-0.05, 0) is 31.4 Å². The Morgan fingerprint density at radius 2 is 2.10 bits per heavy atom. The van der Waals surface area contributed by atoms with Crippen molar-refractivity contribution in [2.24, 2.45) is 0 Å². The fourth-order valence-electron chi connectivity index (χ4n) is 2.21. The second-order valence-electron chi connectivity index (χ2n) is 4.78. The first kappa shape index (κ1) is 14.4. The molecule has 0 radical (unpaired) electrons. The molecule has 3 nitrogen and oxygen atoms in total. The van der Waals surface area contributed by atoms with Crippen LogP contribution in [-0.4, -0.2) is 18.6 Å². The van der Waals surface area contributed by atoms with Crippen molar-refractivity contribution < 1.29 is 9.53 Å². The van der Waals surface area contributed by atoms with Crippen molar-refractivity contribution in [3.8, 4) is 0 Å². The van der Waals surface area contributed by atoms with Crippen molar-refractivity contribution in [1.29, 1.82) is 0 Å². The van der Waals surface area contributed by atoms with E-state index in [2.05, 4.69) is 17.5 Å². The predicted molar refractivity (Wildman–Crippen MR) is 80.2 cm³/mol. The van der Waals surface area contributed by atoms with Gasteiger partial charge in [-0.15, -0.1) is 0 Å². The third kappa shape index (κ3) is 4.26. The summed E-state index contributed by atoms with van der Waals surface area (Å²) < 4.78 is 5.17. The van der Waals surface area contributed by atoms with E-state index in [0.29, 0.717) is 13.0 Å². The lowest BCUT2D eigenvalue weighted by Crippen LogP contribution is -2.39. The molecule has 1 aromatic rings. The second kappa shape index (κ2) is 7.53. The summed E-state index contributed by atoms with van der Waals surface area (Å²) in [5.74, 6) is -0.198. The van der Waals surface area contributed by atoms with Crippen molar-refractivity contribution in [3.63, 3.8) is 0 Å². The lowest BCUT2D eigenvalue weighted by atomic mass is 10.0. The first-order chi connectivity index (χ1) is 9.79. The molecule has 1 unspecified atom stereocenters. The lowest BCUT2D eigenvalue weighted by Gasteiger charge is -2.20. The average Bonchev–Trinajstić information content (AvgIpc) is 2.49. The Kier molecular flexibility index (Phi) is 5.42. The Balaban J connectivity index is 2.06. The minimum absolute atomic E-state index is 0.198. The zero-order chi connectivity index (χ0) is 14.2. The highest BCUT2D eigenvalue weighted by atomic mass is 16.5. The van der Waals surface area contributed by atoms with Gasteiger partial charge in [0.05, 0.1) is 6.61 Å². The predicted octanol–water partition coefficient (Wildman–Crippen LogP) is 2.98. The quantitative estimate of drug-likeness (QED) is 0.808. The number of benzene rings is 1. The highest BCUT2D eigenvalue weighted by Crippen LogP contribution is 2.11. The Labute approximate surface area is 120 Å². The largest absolute Gasteiger partial charge is 0.464 e. The van der Waals surface area contributed by atoms with Crippen LogP contribution in [0, 0.1) is 0 Å². The number of esters is 1. The van der Waals surface area contributed by atoms with Crippen molar-refractivity contribution in [2.75, 3.05) is 6.61 Å². The number of nitrogens with one attached hydrogen (secondary N) is 1. The van der Waals surface area contributed by atoms with E-state index in [1.54, 1.807) is 0 Å². The summed E-state index contributed by atoms with van der Waals surface area (Å²) in [4.78, 5) is 12.1. The molecule has 20 heavy (non-hydrogen) atoms. The zero-order valence-corrected chi connectivity index (χ0v) is 11.8. The Morgan fingerprint density at radius 1 is 1.30 bits per heavy atom. The monoisotopic (exact) mass is 271 g/mol. The van der Waals surface area contributed by atoms with Crippen LogP contribution in [0.2, 0.25) is 0 Å². The Bertz CT molecular complexity index is 491. The summed E-state index contributed by atoms with van der Waals surface area (Å²) in [6.07, 6.45) is 8.98. The van der Waals surface area contributed by atoms with Gasteiger partial charge in [0.25, 0.3) is 0 Å². The first-order valence-electron chi connectivity index (χ1n) is 7.13. The molecule has 1 aliphatic carbocycles. The molecular weight excluding hydrogens is 250 g/mol. The number of allylic oxidation sites excluding steroid dienone is 3. The molecule has 0 bridgehead atoms. The van der Waals surface area contributed by atoms with E-state index in [1.165, 1.54) is 0 Å². The van der Waals surface area contributed by atoms with Crippen LogP contribution < -0.4 is 5.32 Å². The highest BCUT2D eigenvalue weighted by molar-refractivity contribution is 5.76. The number of carbonyl (C=O) groups excluding carboxylic acids is 1. The summed E-state index contributed by atoms with van der Waals surface area (Å²) in [5.41, 5.74) is 2.13. The third-order valence-corrected chi connectivity index (χ3v) is 3.19. The molecule has 1 aromatic carbocycles. The van der Waals surface area contributed by atoms with Gasteiger partial charge in [-0.25, -0.2) is 4.79 Å². The Hall–Kier alpha value is -2.03. The minimum atomic E-state index is -0.341. The van der Waals surface area contributed by atoms with Gasteiger partial charge in [0.2, 0.25) is 0 Å². The van der Waals surface area contributed by atoms with Crippen LogP contribution in [-0.2, 0) is 16.0 Å². The van der Waals surface area contributed by atoms with Crippen LogP contribution >= 0.6 is 0 Å². The fourth-order valence-corrected chi connectivity index (χ4v) is 2.21. The molecule has 1 N–H and O–H groups in total. The molecule has 0 saturated carbocycles. The van der Waals surface area contributed by atoms with E-state index < -0.39 is 0 Å². The SMILES string of the molecule is CCOC(=O)C(Cc1ccccc1)NC1=CCCC=C1. The molecule has 1 aliphatic rings. The van der Waals surface area contributed by atoms with E-state index in [9.17, 15) is 4.79 Å². The second-order valence-corrected chi connectivity index (χ2v) is 4.78. The molecule has 0 fully saturated rings. The van der Waals surface area contributed by atoms with Gasteiger partial charge in [0.15, 0.2) is 0 Å². The van der Waals surface area contributed by atoms with Crippen LogP contribution in [0.15, 0.2) is 54.3 Å². The minimum Gasteiger partial charge on any atom is -0.464 e. The third-order valence-electron chi connectivity index (χ3n) is 3.19. The summed E-state index contributed by atoms with van der Waals surface area (Å²) in [5, 5.41) is 3.29. The average molecular weight is 271 g/mol. The van der Waals surface area contributed by atoms with Gasteiger partial charge in [-0.1, -0.05) is 42.5 Å². The molecule has 0 heterocycles. The maximum absolute atomic E-state index is 12.1. The van der Waals surface area contributed by atoms with Gasteiger partial charge < -0.3 is 10.1 Å². The molecule has 1 atom stereocenters. The van der Waals surface area contributed by atoms with E-state index in [-0.39, 0.29) is 12.0 Å². The molecule has 106 valence electrons. The summed E-state index contributed by atoms with van der Waals surface area (Å²) in [6.45, 7) is 2.23. The summed E-state index contributed by atoms with van der Waals surface area (Å²) in [7, 11) is 0. The molecule has 0 aliphatic heterocycles. The van der Waals surface area contributed by atoms with Gasteiger partial charge in [0.1, 0.15) is 6.04 Å². The number of hydrogen-bond acceptors (Lipinski definition) is 3. The fraction of sp³-hybridized carbons (Fsp3) is 0.353. The van der Waals surface area contributed by atoms with Gasteiger partial charge in [-0.3, -0.25) is 0 Å². The molecular formula is C17H21NO2. The Morgan fingerprint density at radius 3 is 2.75 bits per heavy atom. The maximum Gasteiger partial charge on any atom is 0.328 e. The van der Waals surface area contributed by atoms with Crippen LogP contribution in [0.1, 0.15) is 25.3 Å². The van der Waals surface area contributed by atoms with E-state index in [1.807, 2.05) is 43.3 Å². The lowest BCUT2D eigenvalue weighted by molar-refractivity contribution is -0.145. The van der Waals surface area contributed by atoms with Crippen molar-refractivity contribution >= 4 is 5.97 Å². The topological polar surface area (TPSA) is 38.3 Å². The van der Waals surface area contributed by atoms with Gasteiger partial charge in [0, 0.05) is 12.1 Å². The van der Waals surface area contributed by atoms with Crippen LogP contribution in [0.3, 0.4) is 0 Å². The molecule has 0 amide bonds. The van der Waals surface area contributed by atoms with Crippen LogP contribution in [0.4, 0.5) is 0 Å². The maximum atomic E-state index is 12.1. The molecule has 0 aromatic heterocycles. The molecule has 0 spiro atoms. The standard InChI is InChI=1S/C17H21NO2/c1-2-20-17(19)16(13-14-9-5-3-6-10-14)18-15-11-7-4-8-12-15/h3,5-7,9-12,16,18H,2,4,8,13H2,1H3. The van der Waals surface area contributed by atoms with Crippen molar-refractivity contribution in [3.05, 3.63) is 59.8 Å². The summed E-state index contributed by atoms with van der Waals surface area (Å²) >= 11 is 0. The van der Waals surface area contributed by atoms with E-state index in [4.69, 9.17) is 4.74 Å². The van der Waals surface area contributed by atoms with Crippen LogP contribution in [0.5, 0.6) is 0 Å². The van der Waals surface area contributed by atoms with E-state index in [0.717, 1.165) is 24.1 Å². The van der Waals surface area contributed by atoms with Crippen molar-refractivity contribution in [1.82, 2.24) is 5.32 Å².